The van der Waals surface area contributed by atoms with E-state index in [1.54, 1.807) is 6.92 Å². The Hall–Kier alpha value is -2.79. The van der Waals surface area contributed by atoms with E-state index in [1.165, 1.54) is 6.33 Å². The summed E-state index contributed by atoms with van der Waals surface area (Å²) in [6.45, 7) is 2.01. The Morgan fingerprint density at radius 2 is 2.00 bits per heavy atom. The van der Waals surface area contributed by atoms with E-state index < -0.39 is 0 Å². The first kappa shape index (κ1) is 15.1. The Labute approximate surface area is 134 Å². The van der Waals surface area contributed by atoms with Crippen LogP contribution in [0.1, 0.15) is 17.3 Å². The highest BCUT2D eigenvalue weighted by atomic mass is 16.3. The lowest BCUT2D eigenvalue weighted by Crippen LogP contribution is -2.07. The lowest BCUT2D eigenvalue weighted by atomic mass is 9.96. The third kappa shape index (κ3) is 3.05. The number of anilines is 1. The zero-order chi connectivity index (χ0) is 16.2. The molecule has 2 N–H and O–H groups in total. The number of hydrogen-bond acceptors (Lipinski definition) is 5. The van der Waals surface area contributed by atoms with Gasteiger partial charge in [-0.1, -0.05) is 30.3 Å². The molecule has 0 atom stereocenters. The molecule has 5 heteroatoms. The van der Waals surface area contributed by atoms with Gasteiger partial charge in [-0.05, 0) is 30.2 Å². The number of rotatable bonds is 5. The molecular weight excluding hydrogens is 290 g/mol. The van der Waals surface area contributed by atoms with Gasteiger partial charge in [0.2, 0.25) is 0 Å². The fraction of sp³-hybridized carbons (Fsp3) is 0.167. The van der Waals surface area contributed by atoms with Crippen LogP contribution in [-0.4, -0.2) is 34.0 Å². The molecule has 0 aliphatic carbocycles. The van der Waals surface area contributed by atoms with Gasteiger partial charge < -0.3 is 10.4 Å². The minimum absolute atomic E-state index is 0.0261. The topological polar surface area (TPSA) is 75.1 Å². The van der Waals surface area contributed by atoms with E-state index in [0.29, 0.717) is 17.9 Å². The zero-order valence-corrected chi connectivity index (χ0v) is 12.8. The molecule has 3 rings (SSSR count). The van der Waals surface area contributed by atoms with Crippen molar-refractivity contribution in [1.82, 2.24) is 9.97 Å². The molecule has 23 heavy (non-hydrogen) atoms. The highest BCUT2D eigenvalue weighted by molar-refractivity contribution is 6.02. The van der Waals surface area contributed by atoms with Crippen LogP contribution in [0.3, 0.4) is 0 Å². The Morgan fingerprint density at radius 3 is 2.78 bits per heavy atom. The van der Waals surface area contributed by atoms with Crippen LogP contribution in [-0.2, 0) is 0 Å². The maximum Gasteiger partial charge on any atom is 0.160 e. The molecule has 0 bridgehead atoms. The second kappa shape index (κ2) is 6.54. The number of nitrogens with one attached hydrogen (secondary N) is 1. The van der Waals surface area contributed by atoms with E-state index in [1.807, 2.05) is 42.5 Å². The van der Waals surface area contributed by atoms with Crippen molar-refractivity contribution in [3.05, 3.63) is 54.4 Å². The van der Waals surface area contributed by atoms with Crippen molar-refractivity contribution < 1.29 is 9.90 Å². The van der Waals surface area contributed by atoms with Crippen molar-refractivity contribution in [3.63, 3.8) is 0 Å². The van der Waals surface area contributed by atoms with Crippen molar-refractivity contribution in [2.24, 2.45) is 0 Å². The molecule has 0 unspecified atom stereocenters. The first-order valence-corrected chi connectivity index (χ1v) is 7.40. The molecule has 116 valence electrons. The number of aromatic nitrogens is 2. The Bertz CT molecular complexity index is 862. The van der Waals surface area contributed by atoms with Gasteiger partial charge in [-0.15, -0.1) is 0 Å². The number of Topliss-reactive ketones (excluding diaryl/α,β-unsaturated/α-hetero) is 1. The van der Waals surface area contributed by atoms with Crippen LogP contribution in [0.2, 0.25) is 0 Å². The van der Waals surface area contributed by atoms with Crippen molar-refractivity contribution in [2.75, 3.05) is 18.5 Å². The van der Waals surface area contributed by atoms with Gasteiger partial charge in [-0.3, -0.25) is 4.79 Å². The number of benzene rings is 2. The summed E-state index contributed by atoms with van der Waals surface area (Å²) < 4.78 is 0. The normalized spacial score (nSPS) is 10.7. The lowest BCUT2D eigenvalue weighted by Gasteiger charge is -2.10. The van der Waals surface area contributed by atoms with Gasteiger partial charge in [-0.25, -0.2) is 9.97 Å². The molecule has 3 aromatic rings. The molecule has 0 saturated heterocycles. The van der Waals surface area contributed by atoms with E-state index in [0.717, 1.165) is 22.0 Å². The van der Waals surface area contributed by atoms with Crippen LogP contribution in [0, 0.1) is 0 Å². The summed E-state index contributed by atoms with van der Waals surface area (Å²) in [5.74, 6) is 0.704. The minimum Gasteiger partial charge on any atom is -0.395 e. The molecule has 0 spiro atoms. The number of carbonyl (C=O) groups excluding carboxylic acids is 1. The van der Waals surface area contributed by atoms with E-state index in [9.17, 15) is 4.79 Å². The van der Waals surface area contributed by atoms with Gasteiger partial charge in [0.25, 0.3) is 0 Å². The van der Waals surface area contributed by atoms with E-state index in [2.05, 4.69) is 15.3 Å². The second-order valence-electron chi connectivity index (χ2n) is 5.21. The summed E-state index contributed by atoms with van der Waals surface area (Å²) >= 11 is 0. The molecule has 0 amide bonds. The van der Waals surface area contributed by atoms with E-state index >= 15 is 0 Å². The monoisotopic (exact) mass is 307 g/mol. The molecule has 1 heterocycles. The lowest BCUT2D eigenvalue weighted by molar-refractivity contribution is 0.101. The maximum absolute atomic E-state index is 11.8. The van der Waals surface area contributed by atoms with Crippen molar-refractivity contribution in [3.8, 4) is 11.1 Å². The van der Waals surface area contributed by atoms with Gasteiger partial charge in [0, 0.05) is 17.5 Å². The van der Waals surface area contributed by atoms with E-state index in [4.69, 9.17) is 5.11 Å². The molecule has 5 nitrogen and oxygen atoms in total. The number of nitrogens with zero attached hydrogens (tertiary/aromatic N) is 2. The third-order valence-electron chi connectivity index (χ3n) is 3.66. The largest absolute Gasteiger partial charge is 0.395 e. The Kier molecular flexibility index (Phi) is 4.30. The van der Waals surface area contributed by atoms with Gasteiger partial charge in [0.15, 0.2) is 5.78 Å². The summed E-state index contributed by atoms with van der Waals surface area (Å²) in [6, 6.07) is 13.4. The van der Waals surface area contributed by atoms with Crippen LogP contribution in [0.5, 0.6) is 0 Å². The molecule has 0 radical (unpaired) electrons. The van der Waals surface area contributed by atoms with E-state index in [-0.39, 0.29) is 12.4 Å². The van der Waals surface area contributed by atoms with Gasteiger partial charge in [0.1, 0.15) is 12.1 Å². The minimum atomic E-state index is 0.0261. The number of ketones is 1. The van der Waals surface area contributed by atoms with Gasteiger partial charge in [-0.2, -0.15) is 0 Å². The fourth-order valence-corrected chi connectivity index (χ4v) is 2.58. The SMILES string of the molecule is CC(=O)c1ccccc1-c1ccc2ncnc(NCCO)c2c1. The van der Waals surface area contributed by atoms with Crippen LogP contribution < -0.4 is 5.32 Å². The number of hydrogen-bond donors (Lipinski definition) is 2. The van der Waals surface area contributed by atoms with Crippen LogP contribution >= 0.6 is 0 Å². The summed E-state index contributed by atoms with van der Waals surface area (Å²) in [7, 11) is 0. The van der Waals surface area contributed by atoms with Crippen molar-refractivity contribution in [1.29, 1.82) is 0 Å². The zero-order valence-electron chi connectivity index (χ0n) is 12.8. The quantitative estimate of drug-likeness (QED) is 0.709. The van der Waals surface area contributed by atoms with Crippen LogP contribution in [0.25, 0.3) is 22.0 Å². The summed E-state index contributed by atoms with van der Waals surface area (Å²) in [5, 5.41) is 12.9. The number of aliphatic hydroxyl groups excluding tert-OH is 1. The van der Waals surface area contributed by atoms with Crippen LogP contribution in [0.15, 0.2) is 48.8 Å². The summed E-state index contributed by atoms with van der Waals surface area (Å²) in [5.41, 5.74) is 3.32. The third-order valence-corrected chi connectivity index (χ3v) is 3.66. The average molecular weight is 307 g/mol. The first-order chi connectivity index (χ1) is 11.2. The Morgan fingerprint density at radius 1 is 1.17 bits per heavy atom. The highest BCUT2D eigenvalue weighted by Crippen LogP contribution is 2.29. The first-order valence-electron chi connectivity index (χ1n) is 7.40. The number of aliphatic hydroxyl groups is 1. The molecule has 2 aromatic carbocycles. The molecular formula is C18H17N3O2. The second-order valence-corrected chi connectivity index (χ2v) is 5.21. The average Bonchev–Trinajstić information content (AvgIpc) is 2.59. The molecule has 0 fully saturated rings. The predicted molar refractivity (Wildman–Crippen MR) is 90.6 cm³/mol. The number of carbonyl (C=O) groups is 1. The maximum atomic E-state index is 11.8. The smallest absolute Gasteiger partial charge is 0.160 e. The molecule has 0 saturated carbocycles. The summed E-state index contributed by atoms with van der Waals surface area (Å²) in [6.07, 6.45) is 1.49. The van der Waals surface area contributed by atoms with Gasteiger partial charge in [0.05, 0.1) is 12.1 Å². The summed E-state index contributed by atoms with van der Waals surface area (Å²) in [4.78, 5) is 20.3. The van der Waals surface area contributed by atoms with Crippen molar-refractivity contribution in [2.45, 2.75) is 6.92 Å². The predicted octanol–water partition coefficient (Wildman–Crippen LogP) is 2.90. The molecule has 0 aliphatic rings. The highest BCUT2D eigenvalue weighted by Gasteiger charge is 2.10. The fourth-order valence-electron chi connectivity index (χ4n) is 2.58. The van der Waals surface area contributed by atoms with Crippen molar-refractivity contribution >= 4 is 22.5 Å². The standard InChI is InChI=1S/C18H17N3O2/c1-12(23)14-4-2-3-5-15(14)13-6-7-17-16(10-13)18(19-8-9-22)21-11-20-17/h2-7,10-11,22H,8-9H2,1H3,(H,19,20,21). The van der Waals surface area contributed by atoms with Gasteiger partial charge >= 0.3 is 0 Å². The van der Waals surface area contributed by atoms with Crippen LogP contribution in [0.4, 0.5) is 5.82 Å². The molecule has 1 aromatic heterocycles. The molecule has 0 aliphatic heterocycles. The Balaban J connectivity index is 2.15. The number of fused-ring (bicyclic) bond motifs is 1.